The molecule has 3 aromatic heterocycles. The van der Waals surface area contributed by atoms with Crippen molar-refractivity contribution in [3.63, 3.8) is 0 Å². The van der Waals surface area contributed by atoms with Gasteiger partial charge in [-0.25, -0.2) is 0 Å². The van der Waals surface area contributed by atoms with Gasteiger partial charge in [-0.3, -0.25) is 0 Å². The first-order valence-corrected chi connectivity index (χ1v) is 28.1. The van der Waals surface area contributed by atoms with E-state index in [1.54, 1.807) is 0 Å². The van der Waals surface area contributed by atoms with Crippen molar-refractivity contribution in [3.8, 4) is 27.9 Å². The molecule has 17 rings (SSSR count). The number of para-hydroxylation sites is 3. The maximum absolute atomic E-state index is 6.59. The van der Waals surface area contributed by atoms with Crippen molar-refractivity contribution in [2.75, 3.05) is 9.80 Å². The Hall–Kier alpha value is -10.1. The van der Waals surface area contributed by atoms with E-state index in [4.69, 9.17) is 8.83 Å². The van der Waals surface area contributed by atoms with E-state index in [0.717, 1.165) is 100 Å². The molecule has 0 N–H and O–H groups in total. The minimum absolute atomic E-state index is 0.167. The first-order chi connectivity index (χ1) is 39.6. The van der Waals surface area contributed by atoms with Gasteiger partial charge >= 0.3 is 0 Å². The molecule has 12 aromatic carbocycles. The molecule has 0 amide bonds. The quantitative estimate of drug-likeness (QED) is 0.159. The van der Waals surface area contributed by atoms with Crippen LogP contribution in [0, 0.1) is 0 Å². The van der Waals surface area contributed by atoms with Gasteiger partial charge in [-0.1, -0.05) is 155 Å². The predicted octanol–water partition coefficient (Wildman–Crippen LogP) is 21.3. The van der Waals surface area contributed by atoms with Crippen LogP contribution >= 0.6 is 0 Å². The van der Waals surface area contributed by atoms with Crippen molar-refractivity contribution in [2.45, 2.75) is 38.5 Å². The van der Waals surface area contributed by atoms with Crippen LogP contribution in [0.15, 0.2) is 258 Å². The van der Waals surface area contributed by atoms with E-state index in [0.29, 0.717) is 0 Å². The van der Waals surface area contributed by atoms with Crippen LogP contribution in [-0.4, -0.2) is 4.57 Å². The van der Waals surface area contributed by atoms with E-state index in [1.807, 2.05) is 12.1 Å². The highest BCUT2D eigenvalue weighted by molar-refractivity contribution is 6.15. The zero-order valence-electron chi connectivity index (χ0n) is 45.3. The fraction of sp³-hybridized carbons (Fsp3) is 0.0789. The molecule has 5 nitrogen and oxygen atoms in total. The zero-order valence-corrected chi connectivity index (χ0v) is 45.3. The number of fused-ring (bicyclic) bond motifs is 16. The van der Waals surface area contributed by atoms with Crippen molar-refractivity contribution in [1.82, 2.24) is 4.57 Å². The molecule has 0 saturated carbocycles. The Labute approximate surface area is 468 Å². The molecule has 0 bridgehead atoms. The maximum atomic E-state index is 6.59. The fourth-order valence-electron chi connectivity index (χ4n) is 14.1. The highest BCUT2D eigenvalue weighted by Crippen LogP contribution is 2.53. The number of hydrogen-bond donors (Lipinski definition) is 0. The SMILES string of the molecule is CC1(C)c2ccccc2-c2ccc(N(c3ccc4cc5c6ccc(N(c7ccc8c(c7)C(C)(C)c7ccccc7-8)c7ccc8c(c7)oc7ccccc78)cc6n(-c6ccccc6)c5cc4c3)c3ccc4c(c3)oc3ccccc34)cc21. The molecule has 0 spiro atoms. The molecule has 0 unspecified atom stereocenters. The van der Waals surface area contributed by atoms with Crippen molar-refractivity contribution >= 4 is 111 Å². The summed E-state index contributed by atoms with van der Waals surface area (Å²) in [4.78, 5) is 4.82. The van der Waals surface area contributed by atoms with Gasteiger partial charge in [-0.2, -0.15) is 0 Å². The van der Waals surface area contributed by atoms with Crippen LogP contribution in [0.25, 0.3) is 104 Å². The summed E-state index contributed by atoms with van der Waals surface area (Å²) in [5.74, 6) is 0. The molecule has 5 heteroatoms. The second kappa shape index (κ2) is 16.7. The van der Waals surface area contributed by atoms with E-state index < -0.39 is 0 Å². The lowest BCUT2D eigenvalue weighted by atomic mass is 9.82. The first kappa shape index (κ1) is 45.9. The zero-order chi connectivity index (χ0) is 53.9. The van der Waals surface area contributed by atoms with Gasteiger partial charge in [0.1, 0.15) is 22.3 Å². The summed E-state index contributed by atoms with van der Waals surface area (Å²) in [7, 11) is 0. The van der Waals surface area contributed by atoms with Crippen LogP contribution in [0.5, 0.6) is 0 Å². The molecule has 384 valence electrons. The highest BCUT2D eigenvalue weighted by atomic mass is 16.3. The average molecular weight is 1040 g/mol. The van der Waals surface area contributed by atoms with Gasteiger partial charge in [0.2, 0.25) is 0 Å². The number of furan rings is 2. The van der Waals surface area contributed by atoms with Crippen LogP contribution in [0.2, 0.25) is 0 Å². The second-order valence-electron chi connectivity index (χ2n) is 23.3. The summed E-state index contributed by atoms with van der Waals surface area (Å²) in [6.45, 7) is 9.42. The summed E-state index contributed by atoms with van der Waals surface area (Å²) in [6.07, 6.45) is 0. The minimum atomic E-state index is -0.175. The van der Waals surface area contributed by atoms with Gasteiger partial charge in [-0.15, -0.1) is 0 Å². The minimum Gasteiger partial charge on any atom is -0.456 e. The summed E-state index contributed by atoms with van der Waals surface area (Å²) >= 11 is 0. The molecular weight excluding hydrogens is 987 g/mol. The van der Waals surface area contributed by atoms with Crippen LogP contribution in [0.1, 0.15) is 49.9 Å². The van der Waals surface area contributed by atoms with Gasteiger partial charge in [0.05, 0.1) is 11.0 Å². The number of hydrogen-bond acceptors (Lipinski definition) is 4. The summed E-state index contributed by atoms with van der Waals surface area (Å²) in [6, 6.07) is 91.4. The van der Waals surface area contributed by atoms with E-state index >= 15 is 0 Å². The molecule has 0 saturated heterocycles. The Morgan fingerprint density at radius 1 is 0.284 bits per heavy atom. The first-order valence-electron chi connectivity index (χ1n) is 28.1. The van der Waals surface area contributed by atoms with E-state index in [9.17, 15) is 0 Å². The topological polar surface area (TPSA) is 37.7 Å². The van der Waals surface area contributed by atoms with Gasteiger partial charge < -0.3 is 23.2 Å². The molecule has 2 aliphatic rings. The van der Waals surface area contributed by atoms with Gasteiger partial charge in [0.15, 0.2) is 0 Å². The Morgan fingerprint density at radius 2 is 0.704 bits per heavy atom. The summed E-state index contributed by atoms with van der Waals surface area (Å²) in [5, 5.41) is 9.14. The monoisotopic (exact) mass is 1040 g/mol. The Bertz CT molecular complexity index is 5150. The third-order valence-corrected chi connectivity index (χ3v) is 18.1. The lowest BCUT2D eigenvalue weighted by Gasteiger charge is -2.28. The Kier molecular flexibility index (Phi) is 9.47. The third kappa shape index (κ3) is 6.66. The lowest BCUT2D eigenvalue weighted by molar-refractivity contribution is 0.660. The maximum Gasteiger partial charge on any atom is 0.137 e. The van der Waals surface area contributed by atoms with Crippen molar-refractivity contribution in [1.29, 1.82) is 0 Å². The van der Waals surface area contributed by atoms with Crippen LogP contribution in [-0.2, 0) is 10.8 Å². The van der Waals surface area contributed by atoms with Gasteiger partial charge in [0, 0.05) is 95.1 Å². The Balaban J connectivity index is 0.859. The van der Waals surface area contributed by atoms with Crippen LogP contribution < -0.4 is 9.80 Å². The fourth-order valence-corrected chi connectivity index (χ4v) is 14.1. The van der Waals surface area contributed by atoms with E-state index in [1.165, 1.54) is 60.7 Å². The standard InChI is InChI=1S/C76H53N3O2/c1-75(2)65-22-12-8-18-55(65)57-33-28-50(41-67(57)75)77(53-31-36-62-60-20-10-14-24-71(60)80-73(62)44-53)49-27-26-46-39-64-59-35-30-52(43-70(59)79(48-16-6-5-7-17-48)69(64)40-47(46)38-49)78(54-32-37-63-61-21-11-15-25-72(61)81-74(63)45-54)51-29-34-58-56-19-9-13-23-66(56)76(3,4)68(58)42-51/h5-45H,1-4H3. The highest BCUT2D eigenvalue weighted by Gasteiger charge is 2.37. The average Bonchev–Trinajstić information content (AvgIpc) is 4.38. The summed E-state index contributed by atoms with van der Waals surface area (Å²) in [5.41, 5.74) is 23.4. The molecule has 0 radical (unpaired) electrons. The normalized spacial score (nSPS) is 13.9. The van der Waals surface area contributed by atoms with Crippen LogP contribution in [0.3, 0.4) is 0 Å². The van der Waals surface area contributed by atoms with Crippen molar-refractivity contribution < 1.29 is 8.83 Å². The second-order valence-corrected chi connectivity index (χ2v) is 23.3. The van der Waals surface area contributed by atoms with Crippen LogP contribution in [0.4, 0.5) is 34.1 Å². The predicted molar refractivity (Wildman–Crippen MR) is 337 cm³/mol. The number of nitrogens with zero attached hydrogens (tertiary/aromatic N) is 3. The number of aromatic nitrogens is 1. The Morgan fingerprint density at radius 3 is 1.28 bits per heavy atom. The molecule has 0 aliphatic heterocycles. The van der Waals surface area contributed by atoms with Crippen molar-refractivity contribution in [3.05, 3.63) is 271 Å². The molecule has 2 aliphatic carbocycles. The molecule has 0 atom stereocenters. The summed E-state index contributed by atoms with van der Waals surface area (Å²) < 4.78 is 15.6. The van der Waals surface area contributed by atoms with E-state index in [2.05, 4.69) is 279 Å². The molecule has 3 heterocycles. The van der Waals surface area contributed by atoms with E-state index in [-0.39, 0.29) is 10.8 Å². The third-order valence-electron chi connectivity index (χ3n) is 18.1. The number of benzene rings is 12. The number of rotatable bonds is 7. The lowest BCUT2D eigenvalue weighted by Crippen LogP contribution is -2.16. The largest absolute Gasteiger partial charge is 0.456 e. The molecular formula is C76H53N3O2. The smallest absolute Gasteiger partial charge is 0.137 e. The van der Waals surface area contributed by atoms with Crippen molar-refractivity contribution in [2.24, 2.45) is 0 Å². The molecule has 81 heavy (non-hydrogen) atoms. The van der Waals surface area contributed by atoms with Gasteiger partial charge in [0.25, 0.3) is 0 Å². The van der Waals surface area contributed by atoms with Gasteiger partial charge in [-0.05, 0) is 164 Å². The molecule has 15 aromatic rings. The number of anilines is 6. The molecule has 0 fully saturated rings.